The van der Waals surface area contributed by atoms with E-state index in [9.17, 15) is 0 Å². The van der Waals surface area contributed by atoms with Crippen LogP contribution in [0.5, 0.6) is 0 Å². The van der Waals surface area contributed by atoms with Crippen molar-refractivity contribution in [2.45, 2.75) is 12.8 Å². The molecule has 0 N–H and O–H groups in total. The fraction of sp³-hybridized carbons (Fsp3) is 0.583. The quantitative estimate of drug-likeness (QED) is 0.802. The zero-order valence-electron chi connectivity index (χ0n) is 9.69. The van der Waals surface area contributed by atoms with Gasteiger partial charge in [-0.15, -0.1) is 0 Å². The summed E-state index contributed by atoms with van der Waals surface area (Å²) < 4.78 is 1.86. The van der Waals surface area contributed by atoms with E-state index in [1.807, 2.05) is 17.9 Å². The summed E-state index contributed by atoms with van der Waals surface area (Å²) in [6.45, 7) is 6.83. The predicted octanol–water partition coefficient (Wildman–Crippen LogP) is 2.04. The van der Waals surface area contributed by atoms with Gasteiger partial charge in [0.05, 0.1) is 6.20 Å². The lowest BCUT2D eigenvalue weighted by Gasteiger charge is -2.14. The van der Waals surface area contributed by atoms with Crippen molar-refractivity contribution in [2.75, 3.05) is 19.6 Å². The summed E-state index contributed by atoms with van der Waals surface area (Å²) >= 11 is 5.82. The van der Waals surface area contributed by atoms with Gasteiger partial charge in [0.15, 0.2) is 0 Å². The second kappa shape index (κ2) is 5.02. The summed E-state index contributed by atoms with van der Waals surface area (Å²) in [6, 6.07) is 0. The molecule has 1 aromatic heterocycles. The van der Waals surface area contributed by atoms with Crippen LogP contribution in [0.4, 0.5) is 0 Å². The average molecular weight is 240 g/mol. The smallest absolute Gasteiger partial charge is 0.0521 e. The lowest BCUT2D eigenvalue weighted by Crippen LogP contribution is -2.22. The largest absolute Gasteiger partial charge is 0.298 e. The minimum Gasteiger partial charge on any atom is -0.298 e. The summed E-state index contributed by atoms with van der Waals surface area (Å²) in [5.41, 5.74) is 1.33. The zero-order chi connectivity index (χ0) is 11.5. The van der Waals surface area contributed by atoms with E-state index in [0.29, 0.717) is 0 Å². The molecule has 16 heavy (non-hydrogen) atoms. The maximum absolute atomic E-state index is 5.82. The predicted molar refractivity (Wildman–Crippen MR) is 66.5 cm³/mol. The highest BCUT2D eigenvalue weighted by molar-refractivity contribution is 6.29. The standard InChI is InChI=1S/C12H18ClN3/c1-10(13)7-16-4-3-11(9-16)5-12-6-14-15(2)8-12/h6,8,11H,1,3-5,7,9H2,2H3. The minimum atomic E-state index is 0.736. The summed E-state index contributed by atoms with van der Waals surface area (Å²) in [5.74, 6) is 0.736. The van der Waals surface area contributed by atoms with E-state index in [1.54, 1.807) is 0 Å². The van der Waals surface area contributed by atoms with E-state index >= 15 is 0 Å². The summed E-state index contributed by atoms with van der Waals surface area (Å²) in [7, 11) is 1.96. The molecule has 1 aliphatic heterocycles. The van der Waals surface area contributed by atoms with E-state index in [0.717, 1.165) is 37.0 Å². The Bertz CT molecular complexity index is 372. The van der Waals surface area contributed by atoms with E-state index < -0.39 is 0 Å². The molecule has 1 aromatic rings. The number of aryl methyl sites for hydroxylation is 1. The van der Waals surface area contributed by atoms with E-state index in [2.05, 4.69) is 22.8 Å². The highest BCUT2D eigenvalue weighted by atomic mass is 35.5. The Morgan fingerprint density at radius 3 is 3.12 bits per heavy atom. The van der Waals surface area contributed by atoms with E-state index in [1.165, 1.54) is 12.0 Å². The first-order valence-corrected chi connectivity index (χ1v) is 6.04. The van der Waals surface area contributed by atoms with Crippen LogP contribution in [-0.2, 0) is 13.5 Å². The summed E-state index contributed by atoms with van der Waals surface area (Å²) in [4.78, 5) is 2.37. The Morgan fingerprint density at radius 2 is 2.50 bits per heavy atom. The van der Waals surface area contributed by atoms with Crippen molar-refractivity contribution >= 4 is 11.6 Å². The van der Waals surface area contributed by atoms with Crippen molar-refractivity contribution in [3.8, 4) is 0 Å². The number of aromatic nitrogens is 2. The van der Waals surface area contributed by atoms with Crippen LogP contribution in [0.3, 0.4) is 0 Å². The number of halogens is 1. The zero-order valence-corrected chi connectivity index (χ0v) is 10.5. The van der Waals surface area contributed by atoms with Gasteiger partial charge in [0.1, 0.15) is 0 Å². The Balaban J connectivity index is 1.82. The number of nitrogens with zero attached hydrogens (tertiary/aromatic N) is 3. The lowest BCUT2D eigenvalue weighted by atomic mass is 10.0. The van der Waals surface area contributed by atoms with Crippen molar-refractivity contribution < 1.29 is 0 Å². The molecule has 0 bridgehead atoms. The van der Waals surface area contributed by atoms with Gasteiger partial charge in [0.2, 0.25) is 0 Å². The maximum Gasteiger partial charge on any atom is 0.0521 e. The Morgan fingerprint density at radius 1 is 1.69 bits per heavy atom. The third kappa shape index (κ3) is 3.09. The topological polar surface area (TPSA) is 21.1 Å². The van der Waals surface area contributed by atoms with Gasteiger partial charge in [-0.05, 0) is 30.9 Å². The van der Waals surface area contributed by atoms with Gasteiger partial charge in [-0.3, -0.25) is 9.58 Å². The molecule has 3 nitrogen and oxygen atoms in total. The Hall–Kier alpha value is -0.800. The fourth-order valence-electron chi connectivity index (χ4n) is 2.38. The molecule has 1 atom stereocenters. The van der Waals surface area contributed by atoms with Gasteiger partial charge >= 0.3 is 0 Å². The van der Waals surface area contributed by atoms with E-state index in [4.69, 9.17) is 11.6 Å². The molecule has 0 spiro atoms. The first-order valence-electron chi connectivity index (χ1n) is 5.66. The van der Waals surface area contributed by atoms with Crippen LogP contribution in [0.25, 0.3) is 0 Å². The summed E-state index contributed by atoms with van der Waals surface area (Å²) in [6.07, 6.45) is 6.43. The van der Waals surface area contributed by atoms with Crippen molar-refractivity contribution in [1.29, 1.82) is 0 Å². The van der Waals surface area contributed by atoms with Crippen LogP contribution >= 0.6 is 11.6 Å². The molecule has 1 fully saturated rings. The molecule has 0 amide bonds. The van der Waals surface area contributed by atoms with Gasteiger partial charge < -0.3 is 0 Å². The Labute approximate surface area is 102 Å². The highest BCUT2D eigenvalue weighted by Crippen LogP contribution is 2.21. The first-order chi connectivity index (χ1) is 7.63. The van der Waals surface area contributed by atoms with E-state index in [-0.39, 0.29) is 0 Å². The van der Waals surface area contributed by atoms with Crippen molar-refractivity contribution in [2.24, 2.45) is 13.0 Å². The molecule has 0 aromatic carbocycles. The molecule has 0 saturated carbocycles. The third-order valence-corrected chi connectivity index (χ3v) is 3.17. The van der Waals surface area contributed by atoms with Crippen molar-refractivity contribution in [3.63, 3.8) is 0 Å². The van der Waals surface area contributed by atoms with Gasteiger partial charge in [-0.25, -0.2) is 0 Å². The van der Waals surface area contributed by atoms with Gasteiger partial charge in [-0.2, -0.15) is 5.10 Å². The van der Waals surface area contributed by atoms with Crippen LogP contribution in [0, 0.1) is 5.92 Å². The number of hydrogen-bond donors (Lipinski definition) is 0. The maximum atomic E-state index is 5.82. The second-order valence-corrected chi connectivity index (χ2v) is 5.17. The molecular formula is C12H18ClN3. The van der Waals surface area contributed by atoms with Crippen LogP contribution in [0.15, 0.2) is 24.0 Å². The SMILES string of the molecule is C=C(Cl)CN1CCC(Cc2cnn(C)c2)C1. The lowest BCUT2D eigenvalue weighted by molar-refractivity contribution is 0.356. The third-order valence-electron chi connectivity index (χ3n) is 3.05. The van der Waals surface area contributed by atoms with Crippen LogP contribution in [-0.4, -0.2) is 34.3 Å². The van der Waals surface area contributed by atoms with Crippen LogP contribution in [0.1, 0.15) is 12.0 Å². The van der Waals surface area contributed by atoms with Gasteiger partial charge in [0, 0.05) is 31.4 Å². The number of hydrogen-bond acceptors (Lipinski definition) is 2. The molecule has 2 rings (SSSR count). The molecule has 2 heterocycles. The Kier molecular flexibility index (Phi) is 3.66. The molecule has 0 radical (unpaired) electrons. The molecular weight excluding hydrogens is 222 g/mol. The van der Waals surface area contributed by atoms with Crippen molar-refractivity contribution in [3.05, 3.63) is 29.6 Å². The molecule has 1 saturated heterocycles. The average Bonchev–Trinajstić information content (AvgIpc) is 2.76. The monoisotopic (exact) mass is 239 g/mol. The normalized spacial score (nSPS) is 21.5. The van der Waals surface area contributed by atoms with Gasteiger partial charge in [-0.1, -0.05) is 18.2 Å². The second-order valence-electron chi connectivity index (χ2n) is 4.63. The minimum absolute atomic E-state index is 0.736. The fourth-order valence-corrected chi connectivity index (χ4v) is 2.55. The molecule has 4 heteroatoms. The van der Waals surface area contributed by atoms with Crippen LogP contribution < -0.4 is 0 Å². The number of rotatable bonds is 4. The molecule has 88 valence electrons. The molecule has 1 unspecified atom stereocenters. The van der Waals surface area contributed by atoms with Gasteiger partial charge in [0.25, 0.3) is 0 Å². The van der Waals surface area contributed by atoms with Crippen molar-refractivity contribution in [1.82, 2.24) is 14.7 Å². The summed E-state index contributed by atoms with van der Waals surface area (Å²) in [5, 5.41) is 4.93. The highest BCUT2D eigenvalue weighted by Gasteiger charge is 2.22. The number of likely N-dealkylation sites (tertiary alicyclic amines) is 1. The van der Waals surface area contributed by atoms with Crippen LogP contribution in [0.2, 0.25) is 0 Å². The molecule has 0 aliphatic carbocycles. The first kappa shape index (κ1) is 11.7. The molecule has 1 aliphatic rings.